The molecule has 4 atom stereocenters. The third-order valence-corrected chi connectivity index (χ3v) is 6.45. The number of hydrogen-bond acceptors (Lipinski definition) is 9. The molecule has 1 aliphatic heterocycles. The van der Waals surface area contributed by atoms with Crippen molar-refractivity contribution in [1.29, 1.82) is 0 Å². The number of methoxy groups -OCH3 is 1. The van der Waals surface area contributed by atoms with Gasteiger partial charge in [0.2, 0.25) is 17.7 Å². The molecule has 0 aromatic rings. The average Bonchev–Trinajstić information content (AvgIpc) is 2.90. The zero-order valence-corrected chi connectivity index (χ0v) is 25.3. The summed E-state index contributed by atoms with van der Waals surface area (Å²) < 4.78 is 15.7. The van der Waals surface area contributed by atoms with Crippen molar-refractivity contribution in [3.8, 4) is 0 Å². The average molecular weight is 586 g/mol. The summed E-state index contributed by atoms with van der Waals surface area (Å²) in [5, 5.41) is 10.5. The first kappa shape index (κ1) is 36.1. The predicted molar refractivity (Wildman–Crippen MR) is 153 cm³/mol. The van der Waals surface area contributed by atoms with Crippen LogP contribution in [0.25, 0.3) is 0 Å². The Morgan fingerprint density at radius 3 is 2.34 bits per heavy atom. The molecule has 6 N–H and O–H groups in total. The fraction of sp³-hybridized carbons (Fsp3) is 0.821. The van der Waals surface area contributed by atoms with Gasteiger partial charge in [0.05, 0.1) is 19.8 Å². The Balaban J connectivity index is 2.70. The van der Waals surface area contributed by atoms with Gasteiger partial charge in [0.15, 0.2) is 0 Å². The molecule has 4 amide bonds. The number of ether oxygens (including phenoxy) is 3. The van der Waals surface area contributed by atoms with Crippen LogP contribution in [0.3, 0.4) is 0 Å². The number of hydrogen-bond donors (Lipinski definition) is 5. The first-order valence-electron chi connectivity index (χ1n) is 14.6. The van der Waals surface area contributed by atoms with Gasteiger partial charge in [-0.2, -0.15) is 0 Å². The highest BCUT2D eigenvalue weighted by atomic mass is 16.6. The van der Waals surface area contributed by atoms with E-state index in [-0.39, 0.29) is 6.61 Å². The Morgan fingerprint density at radius 1 is 1.02 bits per heavy atom. The van der Waals surface area contributed by atoms with Crippen LogP contribution < -0.4 is 27.0 Å². The summed E-state index contributed by atoms with van der Waals surface area (Å²) in [7, 11) is 1.27. The van der Waals surface area contributed by atoms with Crippen LogP contribution in [0, 0.1) is 0 Å². The van der Waals surface area contributed by atoms with Crippen LogP contribution in [-0.2, 0) is 33.4 Å². The Morgan fingerprint density at radius 2 is 1.68 bits per heavy atom. The number of carbonyl (C=O) groups is 5. The molecule has 0 radical (unpaired) electrons. The minimum Gasteiger partial charge on any atom is -0.467 e. The molecule has 41 heavy (non-hydrogen) atoms. The van der Waals surface area contributed by atoms with Crippen LogP contribution in [0.5, 0.6) is 0 Å². The molecule has 0 aliphatic carbocycles. The fourth-order valence-corrected chi connectivity index (χ4v) is 4.11. The molecule has 1 heterocycles. The molecular weight excluding hydrogens is 534 g/mol. The zero-order chi connectivity index (χ0) is 30.8. The van der Waals surface area contributed by atoms with E-state index in [2.05, 4.69) is 21.3 Å². The Labute approximate surface area is 243 Å². The van der Waals surface area contributed by atoms with Gasteiger partial charge in [-0.05, 0) is 59.8 Å². The second-order valence-corrected chi connectivity index (χ2v) is 11.4. The van der Waals surface area contributed by atoms with E-state index in [0.29, 0.717) is 38.8 Å². The summed E-state index contributed by atoms with van der Waals surface area (Å²) in [5.41, 5.74) is 5.48. The van der Waals surface area contributed by atoms with E-state index in [1.807, 2.05) is 0 Å². The number of nitrogens with one attached hydrogen (secondary N) is 4. The van der Waals surface area contributed by atoms with Crippen LogP contribution in [-0.4, -0.2) is 86.4 Å². The molecule has 1 fully saturated rings. The second kappa shape index (κ2) is 19.2. The van der Waals surface area contributed by atoms with Crippen LogP contribution in [0.2, 0.25) is 0 Å². The van der Waals surface area contributed by atoms with Crippen molar-refractivity contribution in [1.82, 2.24) is 21.3 Å². The van der Waals surface area contributed by atoms with Crippen molar-refractivity contribution in [2.45, 2.75) is 122 Å². The van der Waals surface area contributed by atoms with Gasteiger partial charge in [-0.3, -0.25) is 14.4 Å². The van der Waals surface area contributed by atoms with Gasteiger partial charge >= 0.3 is 12.1 Å². The smallest absolute Gasteiger partial charge is 0.407 e. The predicted octanol–water partition coefficient (Wildman–Crippen LogP) is 1.42. The number of esters is 1. The second-order valence-electron chi connectivity index (χ2n) is 11.4. The van der Waals surface area contributed by atoms with Gasteiger partial charge < -0.3 is 41.2 Å². The number of unbranched alkanes of at least 4 members (excludes halogenated alkanes) is 1. The number of nitrogens with two attached hydrogens (primary N) is 1. The largest absolute Gasteiger partial charge is 0.467 e. The van der Waals surface area contributed by atoms with Crippen molar-refractivity contribution < 1.29 is 38.2 Å². The van der Waals surface area contributed by atoms with E-state index in [1.165, 1.54) is 14.0 Å². The lowest BCUT2D eigenvalue weighted by molar-refractivity contribution is -0.145. The van der Waals surface area contributed by atoms with Gasteiger partial charge in [-0.1, -0.05) is 32.1 Å². The molecule has 13 heteroatoms. The van der Waals surface area contributed by atoms with E-state index in [0.717, 1.165) is 38.5 Å². The number of carbonyl (C=O) groups excluding carboxylic acids is 5. The van der Waals surface area contributed by atoms with Crippen molar-refractivity contribution in [2.75, 3.05) is 26.9 Å². The van der Waals surface area contributed by atoms with Crippen LogP contribution in [0.4, 0.5) is 4.79 Å². The maximum absolute atomic E-state index is 13.0. The van der Waals surface area contributed by atoms with Gasteiger partial charge in [0.1, 0.15) is 23.7 Å². The number of alkyl carbamates (subject to hydrolysis) is 1. The molecule has 0 bridgehead atoms. The fourth-order valence-electron chi connectivity index (χ4n) is 4.11. The van der Waals surface area contributed by atoms with Crippen LogP contribution >= 0.6 is 0 Å². The molecule has 1 saturated heterocycles. The lowest BCUT2D eigenvalue weighted by Crippen LogP contribution is -2.57. The van der Waals surface area contributed by atoms with E-state index >= 15 is 0 Å². The third-order valence-electron chi connectivity index (χ3n) is 6.45. The first-order valence-corrected chi connectivity index (χ1v) is 14.6. The summed E-state index contributed by atoms with van der Waals surface area (Å²) >= 11 is 0. The van der Waals surface area contributed by atoms with Crippen molar-refractivity contribution in [3.05, 3.63) is 0 Å². The van der Waals surface area contributed by atoms with Gasteiger partial charge in [0.25, 0.3) is 0 Å². The topological polar surface area (TPSA) is 187 Å². The summed E-state index contributed by atoms with van der Waals surface area (Å²) in [4.78, 5) is 62.5. The summed E-state index contributed by atoms with van der Waals surface area (Å²) in [6.45, 7) is 7.55. The van der Waals surface area contributed by atoms with Gasteiger partial charge in [-0.25, -0.2) is 9.59 Å². The molecule has 1 aliphatic rings. The van der Waals surface area contributed by atoms with Crippen molar-refractivity contribution in [3.63, 3.8) is 0 Å². The molecule has 1 rings (SSSR count). The highest BCUT2D eigenvalue weighted by molar-refractivity contribution is 5.94. The number of amides is 4. The number of rotatable bonds is 8. The van der Waals surface area contributed by atoms with Crippen molar-refractivity contribution in [2.24, 2.45) is 5.73 Å². The van der Waals surface area contributed by atoms with E-state index in [1.54, 1.807) is 20.8 Å². The standard InChI is InChI=1S/C28H51N5O8/c1-19-23(34)32-21(26(37)39-5)15-10-8-6-7-9-13-17-40-18-22(25(36)31-19)33-24(35)20(29)14-11-12-16-30-27(38)41-28(2,3)4/h19-22H,6-18,29H2,1-5H3,(H,30,38)(H,31,36)(H,32,34)(H,33,35)/t19-,20-,21-,22-/m0/s1. The van der Waals surface area contributed by atoms with Gasteiger partial charge in [0, 0.05) is 13.2 Å². The minimum atomic E-state index is -1.07. The Kier molecular flexibility index (Phi) is 16.9. The minimum absolute atomic E-state index is 0.0801. The third kappa shape index (κ3) is 16.2. The maximum atomic E-state index is 13.0. The highest BCUT2D eigenvalue weighted by Crippen LogP contribution is 2.11. The van der Waals surface area contributed by atoms with Crippen LogP contribution in [0.1, 0.15) is 91.9 Å². The molecular formula is C28H51N5O8. The molecule has 13 nitrogen and oxygen atoms in total. The summed E-state index contributed by atoms with van der Waals surface area (Å²) in [6, 6.07) is -3.73. The summed E-state index contributed by atoms with van der Waals surface area (Å²) in [6.07, 6.45) is 6.85. The highest BCUT2D eigenvalue weighted by Gasteiger charge is 2.29. The molecule has 0 aromatic carbocycles. The van der Waals surface area contributed by atoms with E-state index in [9.17, 15) is 24.0 Å². The lowest BCUT2D eigenvalue weighted by atomic mass is 10.1. The Hall–Kier alpha value is -2.93. The molecule has 0 unspecified atom stereocenters. The van der Waals surface area contributed by atoms with Gasteiger partial charge in [-0.15, -0.1) is 0 Å². The zero-order valence-electron chi connectivity index (χ0n) is 25.3. The SMILES string of the molecule is COC(=O)[C@@H]1CCCCCCCCOC[C@H](NC(=O)[C@@H](N)CCCCNC(=O)OC(C)(C)C)C(=O)N[C@@H](C)C(=O)N1. The molecule has 236 valence electrons. The maximum Gasteiger partial charge on any atom is 0.407 e. The van der Waals surface area contributed by atoms with E-state index < -0.39 is 59.6 Å². The molecule has 0 spiro atoms. The Bertz CT molecular complexity index is 848. The quantitative estimate of drug-likeness (QED) is 0.207. The monoisotopic (exact) mass is 585 g/mol. The van der Waals surface area contributed by atoms with Crippen LogP contribution in [0.15, 0.2) is 0 Å². The van der Waals surface area contributed by atoms with E-state index in [4.69, 9.17) is 19.9 Å². The first-order chi connectivity index (χ1) is 19.3. The normalized spacial score (nSPS) is 22.7. The summed E-state index contributed by atoms with van der Waals surface area (Å²) in [5.74, 6) is -2.21. The lowest BCUT2D eigenvalue weighted by Gasteiger charge is -2.24. The molecule has 0 aromatic heterocycles. The molecule has 0 saturated carbocycles. The van der Waals surface area contributed by atoms with Crippen molar-refractivity contribution >= 4 is 29.8 Å².